The summed E-state index contributed by atoms with van der Waals surface area (Å²) in [6.07, 6.45) is 3.10. The lowest BCUT2D eigenvalue weighted by Crippen LogP contribution is -2.31. The topological polar surface area (TPSA) is 38.8 Å². The van der Waals surface area contributed by atoms with Gasteiger partial charge in [0.05, 0.1) is 20.3 Å². The number of methoxy groups -OCH3 is 2. The second-order valence-corrected chi connectivity index (χ2v) is 6.92. The Morgan fingerprint density at radius 1 is 1.19 bits per heavy atom. The monoisotopic (exact) mass is 373 g/mol. The van der Waals surface area contributed by atoms with Crippen molar-refractivity contribution < 1.29 is 14.3 Å². The third kappa shape index (κ3) is 4.13. The van der Waals surface area contributed by atoms with Gasteiger partial charge in [-0.2, -0.15) is 0 Å². The summed E-state index contributed by atoms with van der Waals surface area (Å²) in [7, 11) is 3.31. The number of hydrogen-bond acceptors (Lipinski definition) is 3. The summed E-state index contributed by atoms with van der Waals surface area (Å²) in [6.45, 7) is 0.777. The molecule has 1 unspecified atom stereocenters. The van der Waals surface area contributed by atoms with Crippen LogP contribution in [0.2, 0.25) is 5.02 Å². The quantitative estimate of drug-likeness (QED) is 0.739. The van der Waals surface area contributed by atoms with Gasteiger partial charge in [0.1, 0.15) is 11.5 Å². The predicted molar refractivity (Wildman–Crippen MR) is 103 cm³/mol. The molecule has 1 saturated heterocycles. The van der Waals surface area contributed by atoms with E-state index in [1.54, 1.807) is 14.2 Å². The van der Waals surface area contributed by atoms with Gasteiger partial charge < -0.3 is 14.4 Å². The summed E-state index contributed by atoms with van der Waals surface area (Å²) in [5, 5.41) is 0.704. The van der Waals surface area contributed by atoms with Gasteiger partial charge in [-0.1, -0.05) is 23.7 Å². The van der Waals surface area contributed by atoms with E-state index in [1.165, 1.54) is 0 Å². The van der Waals surface area contributed by atoms with Crippen LogP contribution >= 0.6 is 11.6 Å². The molecular formula is C21H24ClNO3. The average molecular weight is 374 g/mol. The smallest absolute Gasteiger partial charge is 0.223 e. The van der Waals surface area contributed by atoms with Crippen LogP contribution in [0.25, 0.3) is 0 Å². The Hall–Kier alpha value is -2.20. The van der Waals surface area contributed by atoms with Crippen LogP contribution in [0.3, 0.4) is 0 Å². The van der Waals surface area contributed by atoms with Crippen molar-refractivity contribution in [2.75, 3.05) is 20.8 Å². The van der Waals surface area contributed by atoms with Crippen molar-refractivity contribution in [2.45, 2.75) is 31.7 Å². The zero-order valence-electron chi connectivity index (χ0n) is 15.2. The van der Waals surface area contributed by atoms with Gasteiger partial charge in [-0.15, -0.1) is 0 Å². The highest BCUT2D eigenvalue weighted by Gasteiger charge is 2.31. The first-order valence-electron chi connectivity index (χ1n) is 8.88. The second-order valence-electron chi connectivity index (χ2n) is 6.48. The number of ether oxygens (including phenoxy) is 2. The molecule has 0 radical (unpaired) electrons. The maximum atomic E-state index is 12.9. The number of aryl methyl sites for hydroxylation is 1. The zero-order valence-corrected chi connectivity index (χ0v) is 16.0. The maximum absolute atomic E-state index is 12.9. The third-order valence-corrected chi connectivity index (χ3v) is 5.12. The summed E-state index contributed by atoms with van der Waals surface area (Å²) >= 11 is 6.03. The van der Waals surface area contributed by atoms with E-state index in [0.29, 0.717) is 17.9 Å². The summed E-state index contributed by atoms with van der Waals surface area (Å²) in [4.78, 5) is 14.8. The van der Waals surface area contributed by atoms with Crippen molar-refractivity contribution in [3.8, 4) is 11.5 Å². The van der Waals surface area contributed by atoms with Crippen molar-refractivity contribution in [1.29, 1.82) is 0 Å². The number of halogens is 1. The predicted octanol–water partition coefficient (Wildman–Crippen LogP) is 4.65. The number of carbonyl (C=O) groups is 1. The number of rotatable bonds is 6. The average Bonchev–Trinajstić information content (AvgIpc) is 3.15. The number of amides is 1. The van der Waals surface area contributed by atoms with Crippen LogP contribution in [0.1, 0.15) is 36.4 Å². The summed E-state index contributed by atoms with van der Waals surface area (Å²) in [6, 6.07) is 13.5. The van der Waals surface area contributed by atoms with E-state index >= 15 is 0 Å². The Balaban J connectivity index is 1.74. The van der Waals surface area contributed by atoms with E-state index in [-0.39, 0.29) is 11.9 Å². The highest BCUT2D eigenvalue weighted by molar-refractivity contribution is 6.30. The minimum Gasteiger partial charge on any atom is -0.497 e. The molecule has 1 aliphatic heterocycles. The number of hydrogen-bond donors (Lipinski definition) is 0. The van der Waals surface area contributed by atoms with Gasteiger partial charge in [-0.25, -0.2) is 0 Å². The van der Waals surface area contributed by atoms with E-state index in [2.05, 4.69) is 0 Å². The zero-order chi connectivity index (χ0) is 18.5. The number of likely N-dealkylation sites (tertiary alicyclic amines) is 1. The molecule has 1 atom stereocenters. The minimum atomic E-state index is 0.0342. The molecule has 26 heavy (non-hydrogen) atoms. The fourth-order valence-corrected chi connectivity index (χ4v) is 3.79. The molecule has 2 aromatic carbocycles. The fourth-order valence-electron chi connectivity index (χ4n) is 3.58. The molecule has 1 fully saturated rings. The fraction of sp³-hybridized carbons (Fsp3) is 0.381. The first-order valence-corrected chi connectivity index (χ1v) is 9.26. The Morgan fingerprint density at radius 3 is 2.77 bits per heavy atom. The molecule has 1 aliphatic rings. The molecule has 0 spiro atoms. The van der Waals surface area contributed by atoms with Crippen molar-refractivity contribution in [3.63, 3.8) is 0 Å². The molecule has 4 nitrogen and oxygen atoms in total. The Morgan fingerprint density at radius 2 is 2.04 bits per heavy atom. The lowest BCUT2D eigenvalue weighted by Gasteiger charge is -2.27. The summed E-state index contributed by atoms with van der Waals surface area (Å²) in [5.41, 5.74) is 2.10. The van der Waals surface area contributed by atoms with Crippen molar-refractivity contribution in [1.82, 2.24) is 4.90 Å². The molecule has 0 N–H and O–H groups in total. The molecule has 1 heterocycles. The van der Waals surface area contributed by atoms with Crippen molar-refractivity contribution in [2.24, 2.45) is 0 Å². The Bertz CT molecular complexity index is 778. The van der Waals surface area contributed by atoms with E-state index in [9.17, 15) is 4.79 Å². The van der Waals surface area contributed by atoms with E-state index in [0.717, 1.165) is 42.0 Å². The van der Waals surface area contributed by atoms with Crippen LogP contribution in [0.15, 0.2) is 42.5 Å². The highest BCUT2D eigenvalue weighted by Crippen LogP contribution is 2.39. The molecule has 1 amide bonds. The molecule has 2 aromatic rings. The lowest BCUT2D eigenvalue weighted by molar-refractivity contribution is -0.132. The van der Waals surface area contributed by atoms with Crippen LogP contribution in [-0.2, 0) is 11.2 Å². The van der Waals surface area contributed by atoms with Crippen LogP contribution in [-0.4, -0.2) is 31.6 Å². The van der Waals surface area contributed by atoms with Crippen molar-refractivity contribution in [3.05, 3.63) is 58.6 Å². The SMILES string of the molecule is COc1ccc(OC)c(C2CCCN2C(=O)CCc2cccc(Cl)c2)c1. The Kier molecular flexibility index (Phi) is 6.04. The Labute approximate surface area is 159 Å². The molecule has 5 heteroatoms. The maximum Gasteiger partial charge on any atom is 0.223 e. The number of nitrogens with zero attached hydrogens (tertiary/aromatic N) is 1. The largest absolute Gasteiger partial charge is 0.497 e. The van der Waals surface area contributed by atoms with Crippen molar-refractivity contribution >= 4 is 17.5 Å². The van der Waals surface area contributed by atoms with E-state index < -0.39 is 0 Å². The van der Waals surface area contributed by atoms with Gasteiger partial charge in [-0.05, 0) is 55.2 Å². The minimum absolute atomic E-state index is 0.0342. The molecule has 0 saturated carbocycles. The van der Waals surface area contributed by atoms with E-state index in [1.807, 2.05) is 47.4 Å². The molecule has 0 aromatic heterocycles. The van der Waals surface area contributed by atoms with Gasteiger partial charge in [0.15, 0.2) is 0 Å². The number of carbonyl (C=O) groups excluding carboxylic acids is 1. The van der Waals surface area contributed by atoms with Gasteiger partial charge in [0.2, 0.25) is 5.91 Å². The van der Waals surface area contributed by atoms with Crippen LogP contribution < -0.4 is 9.47 Å². The molecule has 3 rings (SSSR count). The third-order valence-electron chi connectivity index (χ3n) is 4.89. The van der Waals surface area contributed by atoms with Crippen LogP contribution in [0.4, 0.5) is 0 Å². The van der Waals surface area contributed by atoms with Crippen LogP contribution in [0, 0.1) is 0 Å². The van der Waals surface area contributed by atoms with Gasteiger partial charge in [-0.3, -0.25) is 4.79 Å². The highest BCUT2D eigenvalue weighted by atomic mass is 35.5. The van der Waals surface area contributed by atoms with Gasteiger partial charge in [0.25, 0.3) is 0 Å². The molecule has 0 bridgehead atoms. The van der Waals surface area contributed by atoms with Gasteiger partial charge >= 0.3 is 0 Å². The standard InChI is InChI=1S/C21H24ClNO3/c1-25-17-9-10-20(26-2)18(14-17)19-7-4-12-23(19)21(24)11-8-15-5-3-6-16(22)13-15/h3,5-6,9-10,13-14,19H,4,7-8,11-12H2,1-2H3. The summed E-state index contributed by atoms with van der Waals surface area (Å²) < 4.78 is 10.9. The second kappa shape index (κ2) is 8.45. The lowest BCUT2D eigenvalue weighted by atomic mass is 10.0. The molecule has 0 aliphatic carbocycles. The normalized spacial score (nSPS) is 16.6. The molecular weight excluding hydrogens is 350 g/mol. The first kappa shape index (κ1) is 18.6. The molecule has 138 valence electrons. The number of benzene rings is 2. The van der Waals surface area contributed by atoms with E-state index in [4.69, 9.17) is 21.1 Å². The first-order chi connectivity index (χ1) is 12.6. The van der Waals surface area contributed by atoms with Gasteiger partial charge in [0, 0.05) is 23.6 Å². The summed E-state index contributed by atoms with van der Waals surface area (Å²) in [5.74, 6) is 1.74. The van der Waals surface area contributed by atoms with Crippen LogP contribution in [0.5, 0.6) is 11.5 Å².